The average molecular weight is 343 g/mol. The lowest BCUT2D eigenvalue weighted by atomic mass is 10.0. The quantitative estimate of drug-likeness (QED) is 0.724. The van der Waals surface area contributed by atoms with Crippen molar-refractivity contribution < 1.29 is 13.2 Å². The van der Waals surface area contributed by atoms with E-state index in [1.54, 1.807) is 6.20 Å². The van der Waals surface area contributed by atoms with Crippen LogP contribution >= 0.6 is 0 Å². The zero-order valence-corrected chi connectivity index (χ0v) is 13.5. The van der Waals surface area contributed by atoms with Crippen LogP contribution in [-0.4, -0.2) is 9.97 Å². The molecule has 0 saturated carbocycles. The Bertz CT molecular complexity index is 831. The van der Waals surface area contributed by atoms with Gasteiger partial charge in [-0.3, -0.25) is 4.98 Å². The number of benzene rings is 1. The van der Waals surface area contributed by atoms with E-state index in [-0.39, 0.29) is 6.04 Å². The van der Waals surface area contributed by atoms with Crippen molar-refractivity contribution in [2.24, 2.45) is 0 Å². The van der Waals surface area contributed by atoms with Crippen molar-refractivity contribution in [3.05, 3.63) is 89.4 Å². The average Bonchev–Trinajstić information content (AvgIpc) is 2.60. The monoisotopic (exact) mass is 343 g/mol. The van der Waals surface area contributed by atoms with Crippen LogP contribution in [0.1, 0.15) is 28.4 Å². The Balaban J connectivity index is 1.93. The molecule has 1 aromatic carbocycles. The summed E-state index contributed by atoms with van der Waals surface area (Å²) in [6, 6.07) is 15.4. The van der Waals surface area contributed by atoms with E-state index in [9.17, 15) is 13.2 Å². The highest BCUT2D eigenvalue weighted by Crippen LogP contribution is 2.30. The number of pyridine rings is 2. The Labute approximate surface area is 143 Å². The molecule has 0 aliphatic carbocycles. The molecule has 0 bridgehead atoms. The Kier molecular flexibility index (Phi) is 4.70. The van der Waals surface area contributed by atoms with Gasteiger partial charge in [-0.1, -0.05) is 35.9 Å². The van der Waals surface area contributed by atoms with Gasteiger partial charge in [0.2, 0.25) is 0 Å². The molecule has 0 radical (unpaired) electrons. The van der Waals surface area contributed by atoms with Crippen LogP contribution < -0.4 is 5.32 Å². The van der Waals surface area contributed by atoms with E-state index in [0.29, 0.717) is 5.82 Å². The lowest BCUT2D eigenvalue weighted by molar-refractivity contribution is -0.137. The Hall–Kier alpha value is -2.89. The van der Waals surface area contributed by atoms with Crippen LogP contribution in [0.15, 0.2) is 67.0 Å². The Morgan fingerprint density at radius 1 is 0.960 bits per heavy atom. The van der Waals surface area contributed by atoms with Gasteiger partial charge < -0.3 is 5.32 Å². The van der Waals surface area contributed by atoms with Gasteiger partial charge in [0.05, 0.1) is 17.3 Å². The molecule has 0 fully saturated rings. The summed E-state index contributed by atoms with van der Waals surface area (Å²) in [6.45, 7) is 1.98. The largest absolute Gasteiger partial charge is 0.417 e. The number of rotatable bonds is 4. The fourth-order valence-electron chi connectivity index (χ4n) is 2.52. The smallest absolute Gasteiger partial charge is 0.358 e. The highest BCUT2D eigenvalue weighted by Gasteiger charge is 2.30. The predicted molar refractivity (Wildman–Crippen MR) is 90.1 cm³/mol. The molecule has 2 aromatic heterocycles. The summed E-state index contributed by atoms with van der Waals surface area (Å²) in [5.41, 5.74) is 2.03. The minimum absolute atomic E-state index is 0.315. The van der Waals surface area contributed by atoms with Gasteiger partial charge in [-0.2, -0.15) is 13.2 Å². The molecule has 3 aromatic rings. The lowest BCUT2D eigenvalue weighted by Gasteiger charge is -2.20. The topological polar surface area (TPSA) is 37.8 Å². The minimum Gasteiger partial charge on any atom is -0.358 e. The fraction of sp³-hybridized carbons (Fsp3) is 0.158. The third-order valence-corrected chi connectivity index (χ3v) is 3.74. The molecule has 1 N–H and O–H groups in total. The first-order valence-corrected chi connectivity index (χ1v) is 7.71. The van der Waals surface area contributed by atoms with Crippen LogP contribution in [0.5, 0.6) is 0 Å². The molecule has 0 saturated heterocycles. The summed E-state index contributed by atoms with van der Waals surface area (Å²) in [7, 11) is 0. The second-order valence-electron chi connectivity index (χ2n) is 5.68. The van der Waals surface area contributed by atoms with Crippen LogP contribution in [0.25, 0.3) is 0 Å². The summed E-state index contributed by atoms with van der Waals surface area (Å²) in [6.07, 6.45) is -1.89. The molecular weight excluding hydrogens is 327 g/mol. The first-order valence-electron chi connectivity index (χ1n) is 7.71. The molecule has 1 atom stereocenters. The number of nitrogens with zero attached hydrogens (tertiary/aromatic N) is 2. The van der Waals surface area contributed by atoms with Gasteiger partial charge in [-0.05, 0) is 36.8 Å². The molecule has 0 amide bonds. The van der Waals surface area contributed by atoms with Crippen molar-refractivity contribution in [1.29, 1.82) is 0 Å². The van der Waals surface area contributed by atoms with Gasteiger partial charge in [0, 0.05) is 12.4 Å². The first kappa shape index (κ1) is 17.0. The van der Waals surface area contributed by atoms with Gasteiger partial charge in [-0.25, -0.2) is 4.98 Å². The lowest BCUT2D eigenvalue weighted by Crippen LogP contribution is -2.15. The molecule has 0 aliphatic rings. The van der Waals surface area contributed by atoms with Gasteiger partial charge in [0.1, 0.15) is 5.82 Å². The molecule has 128 valence electrons. The predicted octanol–water partition coefficient (Wildman–Crippen LogP) is 5.01. The second-order valence-corrected chi connectivity index (χ2v) is 5.68. The van der Waals surface area contributed by atoms with Crippen molar-refractivity contribution in [3.63, 3.8) is 0 Å². The highest BCUT2D eigenvalue weighted by atomic mass is 19.4. The summed E-state index contributed by atoms with van der Waals surface area (Å²) >= 11 is 0. The highest BCUT2D eigenvalue weighted by molar-refractivity contribution is 5.44. The van der Waals surface area contributed by atoms with Gasteiger partial charge in [0.15, 0.2) is 0 Å². The van der Waals surface area contributed by atoms with E-state index >= 15 is 0 Å². The SMILES string of the molecule is Cc1cccc(C(Nc2ccc(C(F)(F)F)cn2)c2ccccn2)c1. The van der Waals surface area contributed by atoms with E-state index < -0.39 is 11.7 Å². The third-order valence-electron chi connectivity index (χ3n) is 3.74. The molecule has 3 rings (SSSR count). The molecule has 0 aliphatic heterocycles. The van der Waals surface area contributed by atoms with Crippen molar-refractivity contribution in [1.82, 2.24) is 9.97 Å². The molecule has 1 unspecified atom stereocenters. The van der Waals surface area contributed by atoms with Crippen molar-refractivity contribution in [2.45, 2.75) is 19.1 Å². The first-order chi connectivity index (χ1) is 11.9. The fourth-order valence-corrected chi connectivity index (χ4v) is 2.52. The van der Waals surface area contributed by atoms with E-state index in [0.717, 1.165) is 29.1 Å². The van der Waals surface area contributed by atoms with Crippen molar-refractivity contribution >= 4 is 5.82 Å². The number of nitrogens with one attached hydrogen (secondary N) is 1. The maximum atomic E-state index is 12.7. The van der Waals surface area contributed by atoms with Crippen molar-refractivity contribution in [3.8, 4) is 0 Å². The van der Waals surface area contributed by atoms with Gasteiger partial charge in [-0.15, -0.1) is 0 Å². The number of aromatic nitrogens is 2. The number of halogens is 3. The maximum Gasteiger partial charge on any atom is 0.417 e. The van der Waals surface area contributed by atoms with E-state index in [1.165, 1.54) is 6.07 Å². The third kappa shape index (κ3) is 4.15. The summed E-state index contributed by atoms with van der Waals surface area (Å²) < 4.78 is 38.1. The summed E-state index contributed by atoms with van der Waals surface area (Å²) in [5.74, 6) is 0.352. The minimum atomic E-state index is -4.40. The van der Waals surface area contributed by atoms with Crippen LogP contribution in [0.3, 0.4) is 0 Å². The molecule has 3 nitrogen and oxygen atoms in total. The number of alkyl halides is 3. The normalized spacial score (nSPS) is 12.6. The van der Waals surface area contributed by atoms with Crippen LogP contribution in [0.2, 0.25) is 0 Å². The molecule has 6 heteroatoms. The van der Waals surface area contributed by atoms with Gasteiger partial charge in [0.25, 0.3) is 0 Å². The molecule has 0 spiro atoms. The zero-order chi connectivity index (χ0) is 17.9. The second kappa shape index (κ2) is 6.93. The Morgan fingerprint density at radius 2 is 1.80 bits per heavy atom. The number of anilines is 1. The molecular formula is C19H16F3N3. The van der Waals surface area contributed by atoms with Crippen molar-refractivity contribution in [2.75, 3.05) is 5.32 Å². The van der Waals surface area contributed by atoms with E-state index in [2.05, 4.69) is 15.3 Å². The van der Waals surface area contributed by atoms with Crippen LogP contribution in [0, 0.1) is 6.92 Å². The van der Waals surface area contributed by atoms with Gasteiger partial charge >= 0.3 is 6.18 Å². The van der Waals surface area contributed by atoms with Crippen LogP contribution in [-0.2, 0) is 6.18 Å². The summed E-state index contributed by atoms with van der Waals surface area (Å²) in [4.78, 5) is 8.27. The van der Waals surface area contributed by atoms with E-state index in [4.69, 9.17) is 0 Å². The molecule has 2 heterocycles. The van der Waals surface area contributed by atoms with E-state index in [1.807, 2.05) is 49.4 Å². The number of hydrogen-bond acceptors (Lipinski definition) is 3. The number of aryl methyl sites for hydroxylation is 1. The number of hydrogen-bond donors (Lipinski definition) is 1. The Morgan fingerprint density at radius 3 is 2.40 bits per heavy atom. The zero-order valence-electron chi connectivity index (χ0n) is 13.5. The molecule has 25 heavy (non-hydrogen) atoms. The standard InChI is InChI=1S/C19H16F3N3/c1-13-5-4-6-14(11-13)18(16-7-2-3-10-23-16)25-17-9-8-15(12-24-17)19(20,21)22/h2-12,18H,1H3,(H,24,25). The maximum absolute atomic E-state index is 12.7. The van der Waals surface area contributed by atoms with Crippen LogP contribution in [0.4, 0.5) is 19.0 Å². The summed E-state index contributed by atoms with van der Waals surface area (Å²) in [5, 5.41) is 3.18.